The summed E-state index contributed by atoms with van der Waals surface area (Å²) in [5, 5.41) is 3.14. The first-order valence-corrected chi connectivity index (χ1v) is 8.91. The van der Waals surface area contributed by atoms with Crippen molar-refractivity contribution in [1.82, 2.24) is 5.32 Å². The van der Waals surface area contributed by atoms with Gasteiger partial charge in [0, 0.05) is 24.0 Å². The summed E-state index contributed by atoms with van der Waals surface area (Å²) in [4.78, 5) is 26.6. The van der Waals surface area contributed by atoms with Crippen LogP contribution in [0.5, 0.6) is 0 Å². The average molecular weight is 380 g/mol. The van der Waals surface area contributed by atoms with E-state index in [0.29, 0.717) is 13.1 Å². The van der Waals surface area contributed by atoms with E-state index in [1.54, 1.807) is 4.90 Å². The molecular weight excluding hydrogens is 358 g/mol. The number of anilines is 1. The van der Waals surface area contributed by atoms with Gasteiger partial charge in [0.2, 0.25) is 11.8 Å². The maximum Gasteiger partial charge on any atom is 0.227 e. The molecule has 0 bridgehead atoms. The summed E-state index contributed by atoms with van der Waals surface area (Å²) in [5.74, 6) is -0.357. The van der Waals surface area contributed by atoms with Crippen LogP contribution in [0.15, 0.2) is 28.7 Å². The van der Waals surface area contributed by atoms with Crippen LogP contribution in [0.3, 0.4) is 0 Å². The first-order chi connectivity index (χ1) is 11.0. The molecular formula is C17H22BrN3O2. The highest BCUT2D eigenvalue weighted by molar-refractivity contribution is 9.10. The molecule has 2 fully saturated rings. The van der Waals surface area contributed by atoms with Crippen LogP contribution in [0.25, 0.3) is 0 Å². The second-order valence-electron chi connectivity index (χ2n) is 6.54. The summed E-state index contributed by atoms with van der Waals surface area (Å²) in [7, 11) is 0. The Morgan fingerprint density at radius 1 is 1.35 bits per heavy atom. The van der Waals surface area contributed by atoms with Crippen molar-refractivity contribution in [2.45, 2.75) is 37.6 Å². The van der Waals surface area contributed by atoms with Crippen LogP contribution in [0.1, 0.15) is 32.1 Å². The number of rotatable bonds is 4. The molecule has 3 rings (SSSR count). The van der Waals surface area contributed by atoms with Crippen LogP contribution in [0, 0.1) is 5.92 Å². The van der Waals surface area contributed by atoms with Crippen molar-refractivity contribution in [3.8, 4) is 0 Å². The van der Waals surface area contributed by atoms with E-state index in [1.807, 2.05) is 24.3 Å². The second kappa shape index (κ2) is 6.61. The van der Waals surface area contributed by atoms with Crippen LogP contribution in [-0.2, 0) is 9.59 Å². The minimum Gasteiger partial charge on any atom is -0.349 e. The van der Waals surface area contributed by atoms with Gasteiger partial charge >= 0.3 is 0 Å². The molecule has 23 heavy (non-hydrogen) atoms. The van der Waals surface area contributed by atoms with E-state index < -0.39 is 0 Å². The number of nitrogens with zero attached hydrogens (tertiary/aromatic N) is 1. The first kappa shape index (κ1) is 16.5. The van der Waals surface area contributed by atoms with Gasteiger partial charge in [-0.05, 0) is 40.9 Å². The fourth-order valence-electron chi connectivity index (χ4n) is 3.58. The van der Waals surface area contributed by atoms with Gasteiger partial charge in [0.05, 0.1) is 17.1 Å². The maximum atomic E-state index is 12.6. The maximum absolute atomic E-state index is 12.6. The van der Waals surface area contributed by atoms with Crippen molar-refractivity contribution >= 4 is 33.4 Å². The molecule has 1 atom stereocenters. The molecule has 1 saturated carbocycles. The Balaban J connectivity index is 1.70. The first-order valence-electron chi connectivity index (χ1n) is 8.12. The summed E-state index contributed by atoms with van der Waals surface area (Å²) in [6, 6.07) is 7.59. The van der Waals surface area contributed by atoms with Crippen LogP contribution in [-0.4, -0.2) is 30.4 Å². The fraction of sp³-hybridized carbons (Fsp3) is 0.529. The highest BCUT2D eigenvalue weighted by Gasteiger charge is 2.40. The minimum absolute atomic E-state index is 0.00901. The Bertz CT molecular complexity index is 614. The van der Waals surface area contributed by atoms with Crippen molar-refractivity contribution in [1.29, 1.82) is 0 Å². The summed E-state index contributed by atoms with van der Waals surface area (Å²) in [5.41, 5.74) is 6.44. The molecule has 0 spiro atoms. The van der Waals surface area contributed by atoms with Crippen LogP contribution < -0.4 is 16.0 Å². The number of para-hydroxylation sites is 1. The number of amides is 2. The van der Waals surface area contributed by atoms with Gasteiger partial charge in [-0.25, -0.2) is 0 Å². The number of benzene rings is 1. The molecule has 3 N–H and O–H groups in total. The Hall–Kier alpha value is -1.40. The van der Waals surface area contributed by atoms with Gasteiger partial charge in [0.15, 0.2) is 0 Å². The Kier molecular flexibility index (Phi) is 4.73. The summed E-state index contributed by atoms with van der Waals surface area (Å²) in [6.45, 7) is 0.890. The van der Waals surface area contributed by atoms with Crippen LogP contribution in [0.2, 0.25) is 0 Å². The molecule has 1 aromatic rings. The van der Waals surface area contributed by atoms with Crippen molar-refractivity contribution < 1.29 is 9.59 Å². The van der Waals surface area contributed by atoms with Crippen molar-refractivity contribution in [2.24, 2.45) is 11.7 Å². The molecule has 1 unspecified atom stereocenters. The van der Waals surface area contributed by atoms with Gasteiger partial charge in [-0.1, -0.05) is 25.0 Å². The molecule has 1 aromatic carbocycles. The monoisotopic (exact) mass is 379 g/mol. The normalized spacial score (nSPS) is 23.3. The summed E-state index contributed by atoms with van der Waals surface area (Å²) in [6.07, 6.45) is 4.33. The van der Waals surface area contributed by atoms with Crippen LogP contribution in [0.4, 0.5) is 5.69 Å². The van der Waals surface area contributed by atoms with E-state index in [9.17, 15) is 9.59 Å². The molecule has 6 heteroatoms. The lowest BCUT2D eigenvalue weighted by atomic mass is 9.96. The zero-order valence-electron chi connectivity index (χ0n) is 13.1. The van der Waals surface area contributed by atoms with Gasteiger partial charge < -0.3 is 16.0 Å². The molecule has 2 aliphatic rings. The summed E-state index contributed by atoms with van der Waals surface area (Å²) < 4.78 is 0.864. The van der Waals surface area contributed by atoms with Gasteiger partial charge in [-0.2, -0.15) is 0 Å². The number of nitrogens with one attached hydrogen (secondary N) is 1. The zero-order valence-corrected chi connectivity index (χ0v) is 14.6. The third kappa shape index (κ3) is 3.28. The molecule has 0 aromatic heterocycles. The Morgan fingerprint density at radius 3 is 2.70 bits per heavy atom. The van der Waals surface area contributed by atoms with E-state index in [4.69, 9.17) is 5.73 Å². The molecule has 2 amide bonds. The lowest BCUT2D eigenvalue weighted by Gasteiger charge is -2.30. The molecule has 0 radical (unpaired) electrons. The fourth-order valence-corrected chi connectivity index (χ4v) is 4.08. The quantitative estimate of drug-likeness (QED) is 0.841. The highest BCUT2D eigenvalue weighted by atomic mass is 79.9. The number of hydrogen-bond acceptors (Lipinski definition) is 3. The molecule has 124 valence electrons. The van der Waals surface area contributed by atoms with E-state index in [-0.39, 0.29) is 29.7 Å². The molecule has 1 heterocycles. The van der Waals surface area contributed by atoms with Gasteiger partial charge in [-0.3, -0.25) is 9.59 Å². The molecule has 1 aliphatic carbocycles. The molecule has 5 nitrogen and oxygen atoms in total. The van der Waals surface area contributed by atoms with Crippen molar-refractivity contribution in [2.75, 3.05) is 18.0 Å². The number of hydrogen-bond donors (Lipinski definition) is 2. The summed E-state index contributed by atoms with van der Waals surface area (Å²) >= 11 is 3.47. The van der Waals surface area contributed by atoms with E-state index in [1.165, 1.54) is 0 Å². The minimum atomic E-state index is -0.307. The predicted octanol–water partition coefficient (Wildman–Crippen LogP) is 2.19. The van der Waals surface area contributed by atoms with Crippen LogP contribution >= 0.6 is 15.9 Å². The molecule has 1 saturated heterocycles. The number of carbonyl (C=O) groups excluding carboxylic acids is 2. The Labute approximate surface area is 144 Å². The van der Waals surface area contributed by atoms with Gasteiger partial charge in [-0.15, -0.1) is 0 Å². The third-order valence-electron chi connectivity index (χ3n) is 4.98. The smallest absolute Gasteiger partial charge is 0.227 e. The van der Waals surface area contributed by atoms with E-state index in [0.717, 1.165) is 35.8 Å². The zero-order chi connectivity index (χ0) is 16.4. The standard InChI is InChI=1S/C17H22BrN3O2/c18-13-5-1-2-6-14(13)21-10-12(9-15(21)22)16(23)20-17(11-19)7-3-4-8-17/h1-2,5-6,12H,3-4,7-11,19H2,(H,20,23). The lowest BCUT2D eigenvalue weighted by Crippen LogP contribution is -2.53. The predicted molar refractivity (Wildman–Crippen MR) is 93.0 cm³/mol. The van der Waals surface area contributed by atoms with Gasteiger partial charge in [0.1, 0.15) is 0 Å². The SMILES string of the molecule is NCC1(NC(=O)C2CC(=O)N(c3ccccc3Br)C2)CCCC1. The number of carbonyl (C=O) groups is 2. The Morgan fingerprint density at radius 2 is 2.04 bits per heavy atom. The van der Waals surface area contributed by atoms with E-state index >= 15 is 0 Å². The number of nitrogens with two attached hydrogens (primary N) is 1. The average Bonchev–Trinajstić information content (AvgIpc) is 3.15. The topological polar surface area (TPSA) is 75.4 Å². The second-order valence-corrected chi connectivity index (χ2v) is 7.39. The lowest BCUT2D eigenvalue weighted by molar-refractivity contribution is -0.127. The third-order valence-corrected chi connectivity index (χ3v) is 5.65. The van der Waals surface area contributed by atoms with Crippen molar-refractivity contribution in [3.05, 3.63) is 28.7 Å². The number of halogens is 1. The van der Waals surface area contributed by atoms with E-state index in [2.05, 4.69) is 21.2 Å². The largest absolute Gasteiger partial charge is 0.349 e. The van der Waals surface area contributed by atoms with Crippen molar-refractivity contribution in [3.63, 3.8) is 0 Å². The highest BCUT2D eigenvalue weighted by Crippen LogP contribution is 2.33. The molecule has 1 aliphatic heterocycles. The van der Waals surface area contributed by atoms with Gasteiger partial charge in [0.25, 0.3) is 0 Å².